The third-order valence-electron chi connectivity index (χ3n) is 6.85. The summed E-state index contributed by atoms with van der Waals surface area (Å²) in [4.78, 5) is 30.8. The largest absolute Gasteiger partial charge is 0.495 e. The highest BCUT2D eigenvalue weighted by atomic mass is 16.5. The lowest BCUT2D eigenvalue weighted by Gasteiger charge is -2.38. The van der Waals surface area contributed by atoms with Crippen LogP contribution in [0.25, 0.3) is 0 Å². The van der Waals surface area contributed by atoms with Gasteiger partial charge >= 0.3 is 0 Å². The molecule has 1 heterocycles. The van der Waals surface area contributed by atoms with Crippen LogP contribution in [-0.2, 0) is 0 Å². The predicted molar refractivity (Wildman–Crippen MR) is 161 cm³/mol. The van der Waals surface area contributed by atoms with Crippen molar-refractivity contribution in [3.8, 4) is 11.5 Å². The van der Waals surface area contributed by atoms with Crippen LogP contribution in [0, 0.1) is 0 Å². The molecule has 1 aliphatic rings. The van der Waals surface area contributed by atoms with Crippen molar-refractivity contribution >= 4 is 28.9 Å². The number of para-hydroxylation sites is 2. The fourth-order valence-electron chi connectivity index (χ4n) is 4.73. The minimum atomic E-state index is -0.242. The molecule has 2 amide bonds. The number of rotatable bonds is 11. The molecule has 0 aromatic heterocycles. The number of hydrogen-bond acceptors (Lipinski definition) is 6. The molecule has 0 spiro atoms. The molecule has 0 unspecified atom stereocenters. The van der Waals surface area contributed by atoms with Gasteiger partial charge in [0.1, 0.15) is 11.5 Å². The highest BCUT2D eigenvalue weighted by molar-refractivity contribution is 6.06. The van der Waals surface area contributed by atoms with Gasteiger partial charge in [0.25, 0.3) is 11.8 Å². The highest BCUT2D eigenvalue weighted by Crippen LogP contribution is 2.31. The first-order valence-corrected chi connectivity index (χ1v) is 14.0. The zero-order chi connectivity index (χ0) is 28.5. The Morgan fingerprint density at radius 2 is 1.55 bits per heavy atom. The summed E-state index contributed by atoms with van der Waals surface area (Å²) in [6.07, 6.45) is 2.05. The van der Waals surface area contributed by atoms with Crippen molar-refractivity contribution < 1.29 is 19.1 Å². The van der Waals surface area contributed by atoms with Gasteiger partial charge in [0, 0.05) is 49.2 Å². The van der Waals surface area contributed by atoms with Crippen molar-refractivity contribution in [2.24, 2.45) is 0 Å². The number of methoxy groups -OCH3 is 1. The molecule has 4 rings (SSSR count). The van der Waals surface area contributed by atoms with Crippen molar-refractivity contribution in [1.29, 1.82) is 0 Å². The van der Waals surface area contributed by atoms with Crippen molar-refractivity contribution in [3.63, 3.8) is 0 Å². The average molecular weight is 545 g/mol. The summed E-state index contributed by atoms with van der Waals surface area (Å²) >= 11 is 0. The fraction of sp³-hybridized carbons (Fsp3) is 0.375. The summed E-state index contributed by atoms with van der Waals surface area (Å²) in [5.74, 6) is 1.19. The summed E-state index contributed by atoms with van der Waals surface area (Å²) in [7, 11) is 1.69. The first-order valence-electron chi connectivity index (χ1n) is 14.0. The molecular weight excluding hydrogens is 504 g/mol. The maximum Gasteiger partial charge on any atom is 0.255 e. The van der Waals surface area contributed by atoms with Crippen LogP contribution in [0.4, 0.5) is 17.1 Å². The molecule has 0 saturated carbocycles. The second kappa shape index (κ2) is 13.7. The molecular formula is C32H40N4O4. The fourth-order valence-corrected chi connectivity index (χ4v) is 4.73. The predicted octanol–water partition coefficient (Wildman–Crippen LogP) is 5.59. The van der Waals surface area contributed by atoms with Gasteiger partial charge in [-0.3, -0.25) is 9.59 Å². The Bertz CT molecular complexity index is 1280. The zero-order valence-electron chi connectivity index (χ0n) is 23.9. The molecule has 40 heavy (non-hydrogen) atoms. The standard InChI is InChI=1S/C32H40N4O4/c1-5-6-21-40-26-14-11-24(12-15-26)31(37)34-25-13-16-28(27(22-25)32(38)33-23(2)3)35-17-19-36(20-18-35)29-9-7-8-10-30(29)39-4/h7-16,22-23H,5-6,17-21H2,1-4H3,(H,33,38)(H,34,37). The average Bonchev–Trinajstić information content (AvgIpc) is 2.97. The van der Waals surface area contributed by atoms with Gasteiger partial charge in [0.15, 0.2) is 0 Å². The van der Waals surface area contributed by atoms with E-state index in [-0.39, 0.29) is 17.9 Å². The Labute approximate surface area is 237 Å². The number of nitrogens with one attached hydrogen (secondary N) is 2. The van der Waals surface area contributed by atoms with E-state index in [2.05, 4.69) is 33.4 Å². The van der Waals surface area contributed by atoms with E-state index in [0.717, 1.165) is 61.9 Å². The summed E-state index contributed by atoms with van der Waals surface area (Å²) < 4.78 is 11.2. The molecule has 2 N–H and O–H groups in total. The quantitative estimate of drug-likeness (QED) is 0.306. The van der Waals surface area contributed by atoms with Crippen LogP contribution < -0.4 is 29.9 Å². The molecule has 0 atom stereocenters. The molecule has 0 bridgehead atoms. The number of unbranched alkanes of at least 4 members (excludes halogenated alkanes) is 1. The summed E-state index contributed by atoms with van der Waals surface area (Å²) in [5, 5.41) is 5.96. The number of anilines is 3. The minimum Gasteiger partial charge on any atom is -0.495 e. The lowest BCUT2D eigenvalue weighted by Crippen LogP contribution is -2.47. The third kappa shape index (κ3) is 7.25. The number of amides is 2. The molecule has 0 aliphatic carbocycles. The summed E-state index contributed by atoms with van der Waals surface area (Å²) in [6.45, 7) is 9.73. The summed E-state index contributed by atoms with van der Waals surface area (Å²) in [6, 6.07) is 20.7. The molecule has 0 radical (unpaired) electrons. The number of carbonyl (C=O) groups excluding carboxylic acids is 2. The van der Waals surface area contributed by atoms with E-state index in [0.29, 0.717) is 23.4 Å². The molecule has 8 heteroatoms. The van der Waals surface area contributed by atoms with Gasteiger partial charge in [-0.25, -0.2) is 0 Å². The lowest BCUT2D eigenvalue weighted by atomic mass is 10.1. The molecule has 3 aromatic rings. The lowest BCUT2D eigenvalue weighted by molar-refractivity contribution is 0.0942. The normalized spacial score (nSPS) is 13.2. The van der Waals surface area contributed by atoms with Crippen LogP contribution in [0.15, 0.2) is 66.7 Å². The van der Waals surface area contributed by atoms with Gasteiger partial charge in [0.2, 0.25) is 0 Å². The molecule has 8 nitrogen and oxygen atoms in total. The second-order valence-corrected chi connectivity index (χ2v) is 10.2. The van der Waals surface area contributed by atoms with Crippen LogP contribution >= 0.6 is 0 Å². The molecule has 1 aliphatic heterocycles. The number of piperazine rings is 1. The van der Waals surface area contributed by atoms with Crippen molar-refractivity contribution in [2.45, 2.75) is 39.7 Å². The van der Waals surface area contributed by atoms with E-state index < -0.39 is 0 Å². The van der Waals surface area contributed by atoms with Crippen LogP contribution in [0.1, 0.15) is 54.3 Å². The number of nitrogens with zero attached hydrogens (tertiary/aromatic N) is 2. The maximum absolute atomic E-state index is 13.3. The van der Waals surface area contributed by atoms with Gasteiger partial charge in [-0.05, 0) is 74.9 Å². The van der Waals surface area contributed by atoms with Crippen molar-refractivity contribution in [1.82, 2.24) is 5.32 Å². The van der Waals surface area contributed by atoms with Gasteiger partial charge in [-0.15, -0.1) is 0 Å². The van der Waals surface area contributed by atoms with Gasteiger partial charge in [-0.2, -0.15) is 0 Å². The first kappa shape index (κ1) is 28.8. The number of carbonyl (C=O) groups is 2. The van der Waals surface area contributed by atoms with E-state index in [9.17, 15) is 9.59 Å². The minimum absolute atomic E-state index is 0.0148. The molecule has 3 aromatic carbocycles. The van der Waals surface area contributed by atoms with E-state index in [1.807, 2.05) is 44.2 Å². The summed E-state index contributed by atoms with van der Waals surface area (Å²) in [5.41, 5.74) is 3.55. The van der Waals surface area contributed by atoms with Crippen LogP contribution in [0.5, 0.6) is 11.5 Å². The molecule has 212 valence electrons. The van der Waals surface area contributed by atoms with Crippen molar-refractivity contribution in [3.05, 3.63) is 77.9 Å². The van der Waals surface area contributed by atoms with Crippen LogP contribution in [0.2, 0.25) is 0 Å². The van der Waals surface area contributed by atoms with E-state index in [1.165, 1.54) is 0 Å². The second-order valence-electron chi connectivity index (χ2n) is 10.2. The highest BCUT2D eigenvalue weighted by Gasteiger charge is 2.24. The number of hydrogen-bond donors (Lipinski definition) is 2. The van der Waals surface area contributed by atoms with E-state index >= 15 is 0 Å². The van der Waals surface area contributed by atoms with Crippen molar-refractivity contribution in [2.75, 3.05) is 55.0 Å². The zero-order valence-corrected chi connectivity index (χ0v) is 23.9. The number of ether oxygens (including phenoxy) is 2. The van der Waals surface area contributed by atoms with Gasteiger partial charge in [0.05, 0.1) is 25.0 Å². The molecule has 1 saturated heterocycles. The van der Waals surface area contributed by atoms with Gasteiger partial charge < -0.3 is 29.9 Å². The van der Waals surface area contributed by atoms with E-state index in [1.54, 1.807) is 37.4 Å². The Balaban J connectivity index is 1.48. The Morgan fingerprint density at radius 1 is 0.875 bits per heavy atom. The van der Waals surface area contributed by atoms with E-state index in [4.69, 9.17) is 9.47 Å². The molecule has 1 fully saturated rings. The first-order chi connectivity index (χ1) is 19.4. The Kier molecular flexibility index (Phi) is 9.89. The maximum atomic E-state index is 13.3. The Morgan fingerprint density at radius 3 is 2.20 bits per heavy atom. The Hall–Kier alpha value is -4.20. The third-order valence-corrected chi connectivity index (χ3v) is 6.85. The monoisotopic (exact) mass is 544 g/mol. The smallest absolute Gasteiger partial charge is 0.255 e. The van der Waals surface area contributed by atoms with Crippen LogP contribution in [-0.4, -0.2) is 57.8 Å². The number of benzene rings is 3. The SMILES string of the molecule is CCCCOc1ccc(C(=O)Nc2ccc(N3CCN(c4ccccc4OC)CC3)c(C(=O)NC(C)C)c2)cc1. The van der Waals surface area contributed by atoms with Crippen LogP contribution in [0.3, 0.4) is 0 Å². The van der Waals surface area contributed by atoms with Gasteiger partial charge in [-0.1, -0.05) is 25.5 Å². The topological polar surface area (TPSA) is 83.1 Å².